The van der Waals surface area contributed by atoms with Gasteiger partial charge in [0.05, 0.1) is 0 Å². The number of ether oxygens (including phenoxy) is 1. The number of hydrogen-bond acceptors (Lipinski definition) is 2. The molecule has 0 heterocycles. The lowest BCUT2D eigenvalue weighted by atomic mass is 9.48. The molecule has 1 N–H and O–H groups in total. The molecule has 2 aromatic carbocycles. The Kier molecular flexibility index (Phi) is 5.90. The van der Waals surface area contributed by atoms with E-state index in [4.69, 9.17) is 16.3 Å². The lowest BCUT2D eigenvalue weighted by Crippen LogP contribution is -2.54. The van der Waals surface area contributed by atoms with Crippen LogP contribution in [0.3, 0.4) is 0 Å². The van der Waals surface area contributed by atoms with Gasteiger partial charge in [-0.1, -0.05) is 39.7 Å². The number of hydrogen-bond donors (Lipinski definition) is 1. The molecule has 4 aliphatic rings. The summed E-state index contributed by atoms with van der Waals surface area (Å²) in [6.07, 6.45) is 8.81. The molecule has 4 bridgehead atoms. The highest BCUT2D eigenvalue weighted by Crippen LogP contribution is 2.61. The molecule has 0 aliphatic heterocycles. The third kappa shape index (κ3) is 4.31. The first-order valence-electron chi connectivity index (χ1n) is 11.4. The SMILES string of the molecule is C[C@@H](NCc1cc(Br)ccc1OCc1ccc(Cl)cc1)C12CC3CC(CC(C3)C1)C2. The fraction of sp³-hybridized carbons (Fsp3) is 0.538. The zero-order valence-electron chi connectivity index (χ0n) is 17.7. The highest BCUT2D eigenvalue weighted by molar-refractivity contribution is 9.10. The predicted octanol–water partition coefficient (Wildman–Crippen LogP) is 7.38. The van der Waals surface area contributed by atoms with Crippen molar-refractivity contribution >= 4 is 27.5 Å². The molecule has 2 aromatic rings. The molecule has 0 saturated heterocycles. The molecule has 1 atom stereocenters. The molecule has 160 valence electrons. The molecule has 0 unspecified atom stereocenters. The maximum atomic E-state index is 6.20. The van der Waals surface area contributed by atoms with Crippen LogP contribution in [-0.2, 0) is 13.2 Å². The summed E-state index contributed by atoms with van der Waals surface area (Å²) in [7, 11) is 0. The molecule has 4 fully saturated rings. The molecule has 0 aromatic heterocycles. The summed E-state index contributed by atoms with van der Waals surface area (Å²) < 4.78 is 7.29. The van der Waals surface area contributed by atoms with Gasteiger partial charge in [0.2, 0.25) is 0 Å². The summed E-state index contributed by atoms with van der Waals surface area (Å²) in [4.78, 5) is 0. The zero-order chi connectivity index (χ0) is 20.7. The molecule has 30 heavy (non-hydrogen) atoms. The van der Waals surface area contributed by atoms with Crippen LogP contribution < -0.4 is 10.1 Å². The topological polar surface area (TPSA) is 21.3 Å². The van der Waals surface area contributed by atoms with E-state index in [0.29, 0.717) is 18.1 Å². The largest absolute Gasteiger partial charge is 0.489 e. The normalized spacial score (nSPS) is 30.4. The average molecular weight is 489 g/mol. The van der Waals surface area contributed by atoms with Crippen LogP contribution in [0.15, 0.2) is 46.9 Å². The molecule has 4 heteroatoms. The van der Waals surface area contributed by atoms with Gasteiger partial charge in [-0.25, -0.2) is 0 Å². The Morgan fingerprint density at radius 1 is 1.03 bits per heavy atom. The first-order valence-corrected chi connectivity index (χ1v) is 12.6. The molecule has 0 spiro atoms. The third-order valence-corrected chi connectivity index (χ3v) is 8.68. The van der Waals surface area contributed by atoms with E-state index in [9.17, 15) is 0 Å². The zero-order valence-corrected chi connectivity index (χ0v) is 20.0. The molecule has 4 aliphatic carbocycles. The van der Waals surface area contributed by atoms with Crippen LogP contribution >= 0.6 is 27.5 Å². The van der Waals surface area contributed by atoms with Gasteiger partial charge in [-0.05, 0) is 105 Å². The van der Waals surface area contributed by atoms with Crippen LogP contribution in [-0.4, -0.2) is 6.04 Å². The summed E-state index contributed by atoms with van der Waals surface area (Å²) in [6.45, 7) is 3.83. The fourth-order valence-corrected chi connectivity index (χ4v) is 7.29. The maximum Gasteiger partial charge on any atom is 0.124 e. The Labute approximate surface area is 193 Å². The fourth-order valence-electron chi connectivity index (χ4n) is 6.76. The number of benzene rings is 2. The van der Waals surface area contributed by atoms with Crippen LogP contribution in [0, 0.1) is 23.2 Å². The number of halogens is 2. The van der Waals surface area contributed by atoms with Crippen molar-refractivity contribution < 1.29 is 4.74 Å². The Morgan fingerprint density at radius 3 is 2.30 bits per heavy atom. The Hall–Kier alpha value is -1.03. The van der Waals surface area contributed by atoms with Crippen molar-refractivity contribution in [3.8, 4) is 5.75 Å². The maximum absolute atomic E-state index is 6.20. The van der Waals surface area contributed by atoms with Crippen molar-refractivity contribution in [2.75, 3.05) is 0 Å². The lowest BCUT2D eigenvalue weighted by molar-refractivity contribution is -0.0706. The minimum atomic E-state index is 0.519. The van der Waals surface area contributed by atoms with Gasteiger partial charge >= 0.3 is 0 Å². The Balaban J connectivity index is 1.25. The van der Waals surface area contributed by atoms with E-state index in [-0.39, 0.29) is 0 Å². The van der Waals surface area contributed by atoms with E-state index in [1.807, 2.05) is 24.3 Å². The van der Waals surface area contributed by atoms with Crippen molar-refractivity contribution in [3.05, 3.63) is 63.1 Å². The first-order chi connectivity index (χ1) is 14.5. The van der Waals surface area contributed by atoms with Crippen LogP contribution in [0.1, 0.15) is 56.6 Å². The minimum absolute atomic E-state index is 0.519. The van der Waals surface area contributed by atoms with Crippen molar-refractivity contribution in [2.24, 2.45) is 23.2 Å². The Morgan fingerprint density at radius 2 is 1.67 bits per heavy atom. The van der Waals surface area contributed by atoms with E-state index in [2.05, 4.69) is 46.4 Å². The van der Waals surface area contributed by atoms with E-state index < -0.39 is 0 Å². The van der Waals surface area contributed by atoms with Crippen molar-refractivity contribution in [2.45, 2.75) is 64.6 Å². The molecule has 4 saturated carbocycles. The van der Waals surface area contributed by atoms with Gasteiger partial charge in [-0.3, -0.25) is 0 Å². The van der Waals surface area contributed by atoms with Gasteiger partial charge < -0.3 is 10.1 Å². The van der Waals surface area contributed by atoms with E-state index in [1.165, 1.54) is 44.1 Å². The second kappa shape index (κ2) is 8.48. The highest BCUT2D eigenvalue weighted by atomic mass is 79.9. The molecule has 6 rings (SSSR count). The first kappa shape index (κ1) is 20.8. The second-order valence-corrected chi connectivity index (χ2v) is 11.4. The number of rotatable bonds is 7. The van der Waals surface area contributed by atoms with Crippen molar-refractivity contribution in [3.63, 3.8) is 0 Å². The monoisotopic (exact) mass is 487 g/mol. The average Bonchev–Trinajstić information content (AvgIpc) is 2.71. The summed E-state index contributed by atoms with van der Waals surface area (Å²) in [6, 6.07) is 14.7. The number of nitrogens with one attached hydrogen (secondary N) is 1. The van der Waals surface area contributed by atoms with Gasteiger partial charge in [-0.15, -0.1) is 0 Å². The summed E-state index contributed by atoms with van der Waals surface area (Å²) in [5.41, 5.74) is 2.86. The van der Waals surface area contributed by atoms with Gasteiger partial charge in [-0.2, -0.15) is 0 Å². The minimum Gasteiger partial charge on any atom is -0.489 e. The van der Waals surface area contributed by atoms with Crippen LogP contribution in [0.25, 0.3) is 0 Å². The highest BCUT2D eigenvalue weighted by Gasteiger charge is 2.52. The van der Waals surface area contributed by atoms with Crippen LogP contribution in [0.5, 0.6) is 5.75 Å². The Bertz CT molecular complexity index is 861. The summed E-state index contributed by atoms with van der Waals surface area (Å²) in [5, 5.41) is 4.67. The van der Waals surface area contributed by atoms with Gasteiger partial charge in [0, 0.05) is 27.6 Å². The quantitative estimate of drug-likeness (QED) is 0.439. The van der Waals surface area contributed by atoms with Gasteiger partial charge in [0.1, 0.15) is 12.4 Å². The molecule has 0 radical (unpaired) electrons. The van der Waals surface area contributed by atoms with Crippen LogP contribution in [0.4, 0.5) is 0 Å². The molecule has 0 amide bonds. The predicted molar refractivity (Wildman–Crippen MR) is 127 cm³/mol. The summed E-state index contributed by atoms with van der Waals surface area (Å²) in [5.74, 6) is 3.93. The van der Waals surface area contributed by atoms with Gasteiger partial charge in [0.25, 0.3) is 0 Å². The standard InChI is InChI=1S/C26H31BrClNO/c1-17(26-12-19-8-20(13-26)10-21(9-19)14-26)29-15-22-11-23(27)4-7-25(22)30-16-18-2-5-24(28)6-3-18/h2-7,11,17,19-21,29H,8-10,12-16H2,1H3/t17-,19?,20?,21?,26?/m1/s1. The molecular formula is C26H31BrClNO. The van der Waals surface area contributed by atoms with Crippen molar-refractivity contribution in [1.82, 2.24) is 5.32 Å². The lowest BCUT2D eigenvalue weighted by Gasteiger charge is -2.59. The summed E-state index contributed by atoms with van der Waals surface area (Å²) >= 11 is 9.64. The van der Waals surface area contributed by atoms with E-state index in [0.717, 1.165) is 45.1 Å². The second-order valence-electron chi connectivity index (χ2n) is 10.0. The van der Waals surface area contributed by atoms with Gasteiger partial charge in [0.15, 0.2) is 0 Å². The van der Waals surface area contributed by atoms with Crippen molar-refractivity contribution in [1.29, 1.82) is 0 Å². The smallest absolute Gasteiger partial charge is 0.124 e. The molecular weight excluding hydrogens is 458 g/mol. The van der Waals surface area contributed by atoms with Crippen LogP contribution in [0.2, 0.25) is 5.02 Å². The molecule has 2 nitrogen and oxygen atoms in total. The third-order valence-electron chi connectivity index (χ3n) is 7.93. The van der Waals surface area contributed by atoms with E-state index >= 15 is 0 Å². The van der Waals surface area contributed by atoms with E-state index in [1.54, 1.807) is 0 Å².